The number of benzene rings is 2. The summed E-state index contributed by atoms with van der Waals surface area (Å²) in [5, 5.41) is 23.6. The molecule has 1 aliphatic rings. The second-order valence-corrected chi connectivity index (χ2v) is 53.1. The van der Waals surface area contributed by atoms with Gasteiger partial charge in [0.2, 0.25) is 0 Å². The molecule has 0 spiro atoms. The molecule has 8 aromatic heterocycles. The second kappa shape index (κ2) is 32.1. The highest BCUT2D eigenvalue weighted by Crippen LogP contribution is 2.37. The van der Waals surface area contributed by atoms with Crippen molar-refractivity contribution < 1.29 is 28.3 Å². The largest absolute Gasteiger partial charge is 0.498 e. The Morgan fingerprint density at radius 1 is 0.458 bits per heavy atom. The van der Waals surface area contributed by atoms with Gasteiger partial charge < -0.3 is 38.1 Å². The van der Waals surface area contributed by atoms with Crippen molar-refractivity contribution in [3.05, 3.63) is 152 Å². The number of aromatic amines is 2. The van der Waals surface area contributed by atoms with Gasteiger partial charge in [-0.15, -0.1) is 0 Å². The molecule has 1 saturated heterocycles. The third-order valence-electron chi connectivity index (χ3n) is 16.6. The molecule has 96 heavy (non-hydrogen) atoms. The molecule has 0 atom stereocenters. The minimum atomic E-state index is -1.22. The average molecular weight is 1390 g/mol. The lowest BCUT2D eigenvalue weighted by atomic mass is 9.82. The van der Waals surface area contributed by atoms with Crippen LogP contribution in [-0.2, 0) is 28.3 Å². The smallest absolute Gasteiger partial charge is 0.399 e. The van der Waals surface area contributed by atoms with Gasteiger partial charge in [-0.05, 0) is 64.0 Å². The van der Waals surface area contributed by atoms with Gasteiger partial charge in [0, 0.05) is 146 Å². The highest BCUT2D eigenvalue weighted by atomic mass is 35.5. The fourth-order valence-corrected chi connectivity index (χ4v) is 13.1. The van der Waals surface area contributed by atoms with E-state index in [0.29, 0.717) is 64.2 Å². The predicted molar refractivity (Wildman–Crippen MR) is 401 cm³/mol. The Morgan fingerprint density at radius 2 is 0.865 bits per heavy atom. The van der Waals surface area contributed by atoms with Gasteiger partial charge in [0.25, 0.3) is 0 Å². The van der Waals surface area contributed by atoms with E-state index in [-0.39, 0.29) is 18.3 Å². The Bertz CT molecular complexity index is 3950. The van der Waals surface area contributed by atoms with Gasteiger partial charge in [0.1, 0.15) is 43.7 Å². The van der Waals surface area contributed by atoms with Crippen molar-refractivity contribution in [3.63, 3.8) is 0 Å². The first-order valence-corrected chi connectivity index (χ1v) is 48.3. The predicted octanol–water partition coefficient (Wildman–Crippen LogP) is 15.5. The van der Waals surface area contributed by atoms with E-state index in [9.17, 15) is 0 Å². The Labute approximate surface area is 576 Å². The number of nitrogens with one attached hydrogen (secondary N) is 2. The number of anilines is 2. The van der Waals surface area contributed by atoms with Crippen LogP contribution >= 0.6 is 11.6 Å². The van der Waals surface area contributed by atoms with Crippen LogP contribution in [0.3, 0.4) is 0 Å². The highest BCUT2D eigenvalue weighted by Gasteiger charge is 2.52. The van der Waals surface area contributed by atoms with Crippen LogP contribution in [0.2, 0.25) is 108 Å². The lowest BCUT2D eigenvalue weighted by Crippen LogP contribution is -2.41. The molecular formula is C70H98BClN14O6Si4. The minimum Gasteiger partial charge on any atom is -0.399 e. The number of nitrogens with zero attached hydrogens (tertiary/aromatic N) is 12. The number of ether oxygens (including phenoxy) is 4. The molecule has 0 saturated carbocycles. The highest BCUT2D eigenvalue weighted by molar-refractivity contribution is 6.77. The summed E-state index contributed by atoms with van der Waals surface area (Å²) in [6, 6.07) is 36.8. The third kappa shape index (κ3) is 20.8. The molecule has 0 radical (unpaired) electrons. The van der Waals surface area contributed by atoms with Gasteiger partial charge >= 0.3 is 7.12 Å². The van der Waals surface area contributed by atoms with Crippen molar-refractivity contribution in [2.75, 3.05) is 63.2 Å². The van der Waals surface area contributed by atoms with E-state index in [2.05, 4.69) is 144 Å². The number of hydrogen-bond acceptors (Lipinski definition) is 16. The van der Waals surface area contributed by atoms with E-state index in [0.717, 1.165) is 103 Å². The summed E-state index contributed by atoms with van der Waals surface area (Å²) in [4.78, 5) is 23.3. The molecule has 10 aromatic rings. The van der Waals surface area contributed by atoms with Crippen molar-refractivity contribution in [2.45, 2.75) is 142 Å². The summed E-state index contributed by atoms with van der Waals surface area (Å²) in [5.74, 6) is 1.63. The maximum Gasteiger partial charge on any atom is 0.498 e. The van der Waals surface area contributed by atoms with E-state index in [1.807, 2.05) is 139 Å². The molecule has 26 heteroatoms. The van der Waals surface area contributed by atoms with Crippen LogP contribution in [0.5, 0.6) is 0 Å². The molecule has 9 heterocycles. The zero-order chi connectivity index (χ0) is 68.9. The number of H-pyrrole nitrogens is 2. The van der Waals surface area contributed by atoms with Crippen LogP contribution in [0, 0.1) is 0 Å². The standard InChI is InChI=1S/C32H43N7O2Si2.C29H40ClN5O2Si2.C9H15BN2O2/c1-42(2,3)16-14-40-23-38(24-41-15-17-43(4,5)6)31-18-30(27-20-34-35-21-27)37-32-28(22-36-39(31)32)26-12-13-29(33-19-26)25-10-8-7-9-11-25;1-38(2,3)16-14-36-21-34(22-37-15-17-39(4,5)6)28-18-27(30)33-29-25(20-32-35(28)29)24-12-13-26(31-19-24)23-10-8-7-9-11-23;1-8(2)9(3,4)14-10(13-8)7-5-11-12-6-7/h7-13,18-22H,14-17,23-24H2,1-6H3,(H,34,35);7-13,18-20H,14-17,21-22H2,1-6H3;5-6H,1-4H3,(H,11,12). The number of aromatic nitrogens is 12. The van der Waals surface area contributed by atoms with Crippen molar-refractivity contribution in [2.24, 2.45) is 0 Å². The first-order chi connectivity index (χ1) is 45.5. The maximum atomic E-state index is 6.57. The van der Waals surface area contributed by atoms with E-state index in [4.69, 9.17) is 60.0 Å². The van der Waals surface area contributed by atoms with Crippen LogP contribution in [0.1, 0.15) is 27.7 Å². The number of pyridine rings is 2. The molecular weight excluding hydrogens is 1290 g/mol. The zero-order valence-corrected chi connectivity index (χ0v) is 63.9. The molecule has 0 unspecified atom stereocenters. The van der Waals surface area contributed by atoms with Crippen LogP contribution in [-0.4, -0.2) is 164 Å². The second-order valence-electron chi connectivity index (χ2n) is 30.2. The molecule has 510 valence electrons. The van der Waals surface area contributed by atoms with Crippen LogP contribution in [0.25, 0.3) is 67.3 Å². The van der Waals surface area contributed by atoms with E-state index in [1.54, 1.807) is 18.6 Å². The SMILES string of the molecule is CC1(C)OB(c2cn[nH]c2)OC1(C)C.C[Si](C)(C)CCOCN(COCC[Si](C)(C)C)c1cc(-c2cn[nH]c2)nc2c(-c3ccc(-c4ccccc4)nc3)cnn12.C[Si](C)(C)CCOCN(COCC[Si](C)(C)C)c1cc(Cl)nc2c(-c3ccc(-c4ccccc4)nc3)cnn12. The lowest BCUT2D eigenvalue weighted by molar-refractivity contribution is 0.00578. The molecule has 1 fully saturated rings. The monoisotopic (exact) mass is 1390 g/mol. The number of fused-ring (bicyclic) bond motifs is 2. The van der Waals surface area contributed by atoms with E-state index in [1.165, 1.54) is 0 Å². The number of halogens is 1. The fourth-order valence-electron chi connectivity index (χ4n) is 9.85. The first-order valence-electron chi connectivity index (χ1n) is 33.1. The summed E-state index contributed by atoms with van der Waals surface area (Å²) in [6.07, 6.45) is 14.6. The Hall–Kier alpha value is -7.02. The van der Waals surface area contributed by atoms with Crippen molar-refractivity contribution in [3.8, 4) is 56.0 Å². The minimum absolute atomic E-state index is 0.283. The van der Waals surface area contributed by atoms with Gasteiger partial charge in [0.15, 0.2) is 11.3 Å². The van der Waals surface area contributed by atoms with E-state index < -0.39 is 32.3 Å². The lowest BCUT2D eigenvalue weighted by Gasteiger charge is -2.32. The first kappa shape index (κ1) is 73.2. The molecule has 0 bridgehead atoms. The summed E-state index contributed by atoms with van der Waals surface area (Å²) in [7, 11) is -5.15. The fraction of sp³-hybridized carbons (Fsp3) is 0.429. The summed E-state index contributed by atoms with van der Waals surface area (Å²) in [6.45, 7) is 40.9. The van der Waals surface area contributed by atoms with Crippen LogP contribution in [0.4, 0.5) is 11.6 Å². The maximum absolute atomic E-state index is 6.57. The molecule has 2 N–H and O–H groups in total. The Balaban J connectivity index is 0.000000188. The van der Waals surface area contributed by atoms with Gasteiger partial charge in [-0.2, -0.15) is 29.4 Å². The molecule has 1 aliphatic heterocycles. The average Bonchev–Trinajstić information content (AvgIpc) is 1.57. The summed E-state index contributed by atoms with van der Waals surface area (Å²) in [5.41, 5.74) is 11.1. The zero-order valence-electron chi connectivity index (χ0n) is 59.1. The van der Waals surface area contributed by atoms with Crippen molar-refractivity contribution in [1.29, 1.82) is 0 Å². The molecule has 2 aromatic carbocycles. The molecule has 20 nitrogen and oxygen atoms in total. The van der Waals surface area contributed by atoms with Gasteiger partial charge in [0.05, 0.1) is 46.9 Å². The molecule has 0 aliphatic carbocycles. The summed E-state index contributed by atoms with van der Waals surface area (Å²) >= 11 is 6.57. The van der Waals surface area contributed by atoms with Crippen molar-refractivity contribution in [1.82, 2.24) is 59.6 Å². The third-order valence-corrected chi connectivity index (χ3v) is 23.6. The Morgan fingerprint density at radius 3 is 1.24 bits per heavy atom. The van der Waals surface area contributed by atoms with Gasteiger partial charge in [-0.1, -0.05) is 163 Å². The number of hydrogen-bond donors (Lipinski definition) is 2. The number of rotatable bonds is 28. The van der Waals surface area contributed by atoms with E-state index >= 15 is 0 Å². The molecule has 11 rings (SSSR count). The normalized spacial score (nSPS) is 14.0. The Kier molecular flexibility index (Phi) is 24.5. The topological polar surface area (TPSA) is 205 Å². The van der Waals surface area contributed by atoms with Gasteiger partial charge in [-0.3, -0.25) is 20.2 Å². The summed E-state index contributed by atoms with van der Waals surface area (Å²) < 4.78 is 40.1. The van der Waals surface area contributed by atoms with Crippen LogP contribution in [0.15, 0.2) is 147 Å². The quantitative estimate of drug-likeness (QED) is 0.0202. The van der Waals surface area contributed by atoms with Crippen LogP contribution < -0.4 is 15.3 Å². The van der Waals surface area contributed by atoms with Gasteiger partial charge in [-0.25, -0.2) is 9.97 Å². The van der Waals surface area contributed by atoms with Crippen molar-refractivity contribution >= 4 is 79.4 Å². The molecule has 0 amide bonds.